The largest absolute Gasteiger partial charge is 0.497 e. The molecule has 1 atom stereocenters. The highest BCUT2D eigenvalue weighted by Crippen LogP contribution is 2.31. The van der Waals surface area contributed by atoms with Gasteiger partial charge in [0.05, 0.1) is 33.0 Å². The Morgan fingerprint density at radius 3 is 2.83 bits per heavy atom. The number of carbonyl (C=O) groups excluding carboxylic acids is 1. The number of nitrogens with zero attached hydrogens (tertiary/aromatic N) is 3. The number of likely N-dealkylation sites (tertiary alicyclic amines) is 1. The van der Waals surface area contributed by atoms with Crippen LogP contribution in [0.1, 0.15) is 28.1 Å². The molecule has 2 aliphatic heterocycles. The molecule has 0 amide bonds. The Morgan fingerprint density at radius 2 is 2.07 bits per heavy atom. The molecule has 4 rings (SSSR count). The number of methoxy groups -OCH3 is 2. The van der Waals surface area contributed by atoms with Crippen molar-refractivity contribution >= 4 is 22.3 Å². The number of hydrogen-bond acceptors (Lipinski definition) is 8. The smallest absolute Gasteiger partial charge is 0.185 e. The van der Waals surface area contributed by atoms with Crippen LogP contribution in [0.2, 0.25) is 0 Å². The van der Waals surface area contributed by atoms with Crippen molar-refractivity contribution in [2.45, 2.75) is 19.4 Å². The first kappa shape index (κ1) is 21.1. The topological polar surface area (TPSA) is 64.1 Å². The summed E-state index contributed by atoms with van der Waals surface area (Å²) in [5.74, 6) is 1.40. The monoisotopic (exact) mass is 431 g/mol. The molecule has 1 aromatic heterocycles. The van der Waals surface area contributed by atoms with Gasteiger partial charge in [-0.05, 0) is 31.5 Å². The summed E-state index contributed by atoms with van der Waals surface area (Å²) in [5, 5.41) is 1.07. The van der Waals surface area contributed by atoms with E-state index in [1.807, 2.05) is 18.3 Å². The van der Waals surface area contributed by atoms with Gasteiger partial charge in [0.2, 0.25) is 0 Å². The van der Waals surface area contributed by atoms with Crippen molar-refractivity contribution in [1.29, 1.82) is 0 Å². The van der Waals surface area contributed by atoms with Gasteiger partial charge in [0, 0.05) is 49.2 Å². The molecule has 0 unspecified atom stereocenters. The van der Waals surface area contributed by atoms with Crippen molar-refractivity contribution < 1.29 is 19.0 Å². The maximum atomic E-state index is 13.2. The van der Waals surface area contributed by atoms with E-state index in [0.717, 1.165) is 63.9 Å². The molecule has 0 saturated carbocycles. The molecule has 0 aliphatic carbocycles. The summed E-state index contributed by atoms with van der Waals surface area (Å²) in [6.07, 6.45) is 3.91. The van der Waals surface area contributed by atoms with Crippen molar-refractivity contribution in [3.8, 4) is 11.5 Å². The van der Waals surface area contributed by atoms with E-state index in [9.17, 15) is 4.79 Å². The number of morpholine rings is 1. The first-order valence-electron chi connectivity index (χ1n) is 10.4. The first-order valence-corrected chi connectivity index (χ1v) is 11.3. The Kier molecular flexibility index (Phi) is 6.86. The summed E-state index contributed by atoms with van der Waals surface area (Å²) >= 11 is 1.75. The number of thiazole rings is 1. The van der Waals surface area contributed by atoms with E-state index in [2.05, 4.69) is 14.8 Å². The highest BCUT2D eigenvalue weighted by molar-refractivity contribution is 7.15. The second-order valence-corrected chi connectivity index (χ2v) is 8.81. The molecule has 1 aromatic carbocycles. The molecule has 7 nitrogen and oxygen atoms in total. The number of anilines is 1. The van der Waals surface area contributed by atoms with E-state index < -0.39 is 0 Å². The second kappa shape index (κ2) is 9.76. The highest BCUT2D eigenvalue weighted by atomic mass is 32.1. The quantitative estimate of drug-likeness (QED) is 0.624. The van der Waals surface area contributed by atoms with Crippen molar-refractivity contribution in [2.24, 2.45) is 5.92 Å². The standard InChI is InChI=1S/C22H29N3O4S/c1-27-17-5-6-19(20(12-17)28-2)21(26)16-4-3-7-24(14-16)15-18-13-23-22(30-18)25-8-10-29-11-9-25/h5-6,12-13,16H,3-4,7-11,14-15H2,1-2H3/t16-/m1/s1. The van der Waals surface area contributed by atoms with Gasteiger partial charge in [-0.15, -0.1) is 11.3 Å². The molecule has 2 aromatic rings. The van der Waals surface area contributed by atoms with Gasteiger partial charge in [0.1, 0.15) is 11.5 Å². The minimum atomic E-state index is -0.0207. The molecular weight excluding hydrogens is 402 g/mol. The number of ketones is 1. The molecule has 0 N–H and O–H groups in total. The molecule has 0 radical (unpaired) electrons. The second-order valence-electron chi connectivity index (χ2n) is 7.71. The summed E-state index contributed by atoms with van der Waals surface area (Å²) in [4.78, 5) is 23.7. The summed E-state index contributed by atoms with van der Waals surface area (Å²) in [6.45, 7) is 5.94. The third-order valence-electron chi connectivity index (χ3n) is 5.75. The van der Waals surface area contributed by atoms with E-state index in [0.29, 0.717) is 17.1 Å². The fraction of sp³-hybridized carbons (Fsp3) is 0.545. The lowest BCUT2D eigenvalue weighted by Gasteiger charge is -2.31. The lowest BCUT2D eigenvalue weighted by molar-refractivity contribution is 0.0809. The Morgan fingerprint density at radius 1 is 1.23 bits per heavy atom. The third-order valence-corrected chi connectivity index (χ3v) is 6.80. The minimum Gasteiger partial charge on any atom is -0.497 e. The Hall–Kier alpha value is -2.16. The number of carbonyl (C=O) groups is 1. The molecule has 2 saturated heterocycles. The molecule has 0 spiro atoms. The molecule has 0 bridgehead atoms. The van der Waals surface area contributed by atoms with Crippen LogP contribution >= 0.6 is 11.3 Å². The minimum absolute atomic E-state index is 0.0207. The number of ether oxygens (including phenoxy) is 3. The van der Waals surface area contributed by atoms with Gasteiger partial charge in [-0.25, -0.2) is 4.98 Å². The van der Waals surface area contributed by atoms with E-state index in [1.54, 1.807) is 31.6 Å². The number of aromatic nitrogens is 1. The zero-order valence-corrected chi connectivity index (χ0v) is 18.5. The van der Waals surface area contributed by atoms with Gasteiger partial charge in [-0.2, -0.15) is 0 Å². The van der Waals surface area contributed by atoms with Crippen molar-refractivity contribution in [2.75, 3.05) is 58.5 Å². The van der Waals surface area contributed by atoms with Gasteiger partial charge in [0.15, 0.2) is 10.9 Å². The van der Waals surface area contributed by atoms with Crippen molar-refractivity contribution in [1.82, 2.24) is 9.88 Å². The van der Waals surface area contributed by atoms with E-state index in [1.165, 1.54) is 4.88 Å². The fourth-order valence-electron chi connectivity index (χ4n) is 4.13. The van der Waals surface area contributed by atoms with Crippen LogP contribution in [0.4, 0.5) is 5.13 Å². The summed E-state index contributed by atoms with van der Waals surface area (Å²) in [5.41, 5.74) is 0.637. The number of piperidine rings is 1. The van der Waals surface area contributed by atoms with Gasteiger partial charge in [-0.3, -0.25) is 9.69 Å². The van der Waals surface area contributed by atoms with Crippen molar-refractivity contribution in [3.63, 3.8) is 0 Å². The normalized spacial score (nSPS) is 20.2. The lowest BCUT2D eigenvalue weighted by Crippen LogP contribution is -2.38. The number of rotatable bonds is 7. The van der Waals surface area contributed by atoms with Gasteiger partial charge in [0.25, 0.3) is 0 Å². The van der Waals surface area contributed by atoms with Crippen LogP contribution in [-0.4, -0.2) is 69.3 Å². The molecule has 2 fully saturated rings. The molecule has 3 heterocycles. The maximum absolute atomic E-state index is 13.2. The van der Waals surface area contributed by atoms with Gasteiger partial charge < -0.3 is 19.1 Å². The average Bonchev–Trinajstić information content (AvgIpc) is 3.27. The Balaban J connectivity index is 1.40. The van der Waals surface area contributed by atoms with Crippen LogP contribution in [0.15, 0.2) is 24.4 Å². The molecular formula is C22H29N3O4S. The summed E-state index contributed by atoms with van der Waals surface area (Å²) < 4.78 is 16.1. The predicted octanol–water partition coefficient (Wildman–Crippen LogP) is 3.09. The van der Waals surface area contributed by atoms with E-state index >= 15 is 0 Å². The molecule has 8 heteroatoms. The van der Waals surface area contributed by atoms with Gasteiger partial charge >= 0.3 is 0 Å². The fourth-order valence-corrected chi connectivity index (χ4v) is 5.13. The zero-order chi connectivity index (χ0) is 20.9. The van der Waals surface area contributed by atoms with Crippen LogP contribution in [0, 0.1) is 5.92 Å². The lowest BCUT2D eigenvalue weighted by atomic mass is 9.89. The third kappa shape index (κ3) is 4.77. The number of Topliss-reactive ketones (excluding diaryl/α,β-unsaturated/α-hetero) is 1. The maximum Gasteiger partial charge on any atom is 0.185 e. The van der Waals surface area contributed by atoms with Crippen molar-refractivity contribution in [3.05, 3.63) is 34.8 Å². The molecule has 30 heavy (non-hydrogen) atoms. The van der Waals surface area contributed by atoms with Crippen LogP contribution in [0.25, 0.3) is 0 Å². The summed E-state index contributed by atoms with van der Waals surface area (Å²) in [7, 11) is 3.20. The Labute approximate surface area is 181 Å². The van der Waals surface area contributed by atoms with Gasteiger partial charge in [-0.1, -0.05) is 0 Å². The van der Waals surface area contributed by atoms with Crippen LogP contribution in [0.5, 0.6) is 11.5 Å². The Bertz CT molecular complexity index is 866. The molecule has 2 aliphatic rings. The zero-order valence-electron chi connectivity index (χ0n) is 17.6. The number of benzene rings is 1. The van der Waals surface area contributed by atoms with Crippen LogP contribution in [0.3, 0.4) is 0 Å². The summed E-state index contributed by atoms with van der Waals surface area (Å²) in [6, 6.07) is 5.41. The molecule has 162 valence electrons. The highest BCUT2D eigenvalue weighted by Gasteiger charge is 2.29. The van der Waals surface area contributed by atoms with Crippen LogP contribution in [-0.2, 0) is 11.3 Å². The first-order chi connectivity index (χ1) is 14.7. The van der Waals surface area contributed by atoms with Crippen LogP contribution < -0.4 is 14.4 Å². The number of hydrogen-bond donors (Lipinski definition) is 0. The average molecular weight is 432 g/mol. The SMILES string of the molecule is COc1ccc(C(=O)[C@@H]2CCCN(Cc3cnc(N4CCOCC4)s3)C2)c(OC)c1. The van der Waals surface area contributed by atoms with E-state index in [4.69, 9.17) is 14.2 Å². The predicted molar refractivity (Wildman–Crippen MR) is 117 cm³/mol. The van der Waals surface area contributed by atoms with E-state index in [-0.39, 0.29) is 11.7 Å².